The van der Waals surface area contributed by atoms with Crippen molar-refractivity contribution in [1.82, 2.24) is 19.1 Å². The van der Waals surface area contributed by atoms with Crippen molar-refractivity contribution in [2.45, 2.75) is 6.54 Å². The number of nitrogens with zero attached hydrogens (tertiary/aromatic N) is 4. The molecule has 0 unspecified atom stereocenters. The number of benzene rings is 1. The summed E-state index contributed by atoms with van der Waals surface area (Å²) in [4.78, 5) is 18.4. The summed E-state index contributed by atoms with van der Waals surface area (Å²) in [6, 6.07) is 7.87. The SMILES string of the molecule is CN(CCN(C)P=O)Cc1ccc(Nc2nc(Br)cn(C)c2=O)cc1. The normalized spacial score (nSPS) is 11.4. The number of hydrogen-bond donors (Lipinski definition) is 1. The summed E-state index contributed by atoms with van der Waals surface area (Å²) in [5.74, 6) is 0.279. The van der Waals surface area contributed by atoms with E-state index in [9.17, 15) is 9.36 Å². The summed E-state index contributed by atoms with van der Waals surface area (Å²) >= 11 is 3.29. The Morgan fingerprint density at radius 1 is 1.24 bits per heavy atom. The fraction of sp³-hybridized carbons (Fsp3) is 0.375. The van der Waals surface area contributed by atoms with E-state index in [4.69, 9.17) is 0 Å². The number of anilines is 2. The molecule has 2 rings (SSSR count). The van der Waals surface area contributed by atoms with Crippen molar-refractivity contribution in [1.29, 1.82) is 0 Å². The molecule has 0 aliphatic rings. The van der Waals surface area contributed by atoms with E-state index in [0.717, 1.165) is 30.9 Å². The fourth-order valence-electron chi connectivity index (χ4n) is 2.23. The number of nitrogens with one attached hydrogen (secondary N) is 1. The van der Waals surface area contributed by atoms with Crippen molar-refractivity contribution in [3.63, 3.8) is 0 Å². The van der Waals surface area contributed by atoms with Gasteiger partial charge in [0.25, 0.3) is 5.56 Å². The molecular formula is C16H21BrN5O2P. The monoisotopic (exact) mass is 425 g/mol. The summed E-state index contributed by atoms with van der Waals surface area (Å²) in [7, 11) is 5.56. The van der Waals surface area contributed by atoms with Crippen LogP contribution in [0.3, 0.4) is 0 Å². The molecule has 1 N–H and O–H groups in total. The molecular weight excluding hydrogens is 405 g/mol. The summed E-state index contributed by atoms with van der Waals surface area (Å²) in [6.07, 6.45) is 1.62. The van der Waals surface area contributed by atoms with Gasteiger partial charge in [-0.3, -0.25) is 9.36 Å². The van der Waals surface area contributed by atoms with Crippen LogP contribution in [0.25, 0.3) is 0 Å². The van der Waals surface area contributed by atoms with Crippen molar-refractivity contribution in [2.24, 2.45) is 7.05 Å². The van der Waals surface area contributed by atoms with Crippen LogP contribution in [-0.2, 0) is 18.2 Å². The average Bonchev–Trinajstić information content (AvgIpc) is 2.58. The molecule has 0 saturated heterocycles. The van der Waals surface area contributed by atoms with Crippen LogP contribution in [0.5, 0.6) is 0 Å². The highest BCUT2D eigenvalue weighted by atomic mass is 79.9. The minimum Gasteiger partial charge on any atom is -0.336 e. The Morgan fingerprint density at radius 3 is 2.56 bits per heavy atom. The summed E-state index contributed by atoms with van der Waals surface area (Å²) in [6.45, 7) is 2.35. The molecule has 1 heterocycles. The summed E-state index contributed by atoms with van der Waals surface area (Å²) in [5, 5.41) is 3.05. The largest absolute Gasteiger partial charge is 0.336 e. The molecule has 2 aromatic rings. The van der Waals surface area contributed by atoms with Crippen LogP contribution in [0.2, 0.25) is 0 Å². The van der Waals surface area contributed by atoms with Gasteiger partial charge < -0.3 is 14.8 Å². The first-order chi connectivity index (χ1) is 11.9. The van der Waals surface area contributed by atoms with E-state index >= 15 is 0 Å². The molecule has 0 saturated carbocycles. The Kier molecular flexibility index (Phi) is 7.25. The fourth-order valence-corrected chi connectivity index (χ4v) is 2.88. The number of aryl methyl sites for hydroxylation is 1. The van der Waals surface area contributed by atoms with Crippen molar-refractivity contribution >= 4 is 36.0 Å². The van der Waals surface area contributed by atoms with Gasteiger partial charge in [-0.05, 0) is 47.7 Å². The topological polar surface area (TPSA) is 70.5 Å². The number of aromatic nitrogens is 2. The van der Waals surface area contributed by atoms with Gasteiger partial charge in [-0.2, -0.15) is 0 Å². The highest BCUT2D eigenvalue weighted by Gasteiger charge is 2.07. The lowest BCUT2D eigenvalue weighted by molar-refractivity contribution is 0.304. The Bertz CT molecular complexity index is 781. The number of likely N-dealkylation sites (N-methyl/N-ethyl adjacent to an activating group) is 2. The van der Waals surface area contributed by atoms with Gasteiger partial charge in [0.1, 0.15) is 4.60 Å². The van der Waals surface area contributed by atoms with Crippen molar-refractivity contribution in [3.05, 3.63) is 51.0 Å². The van der Waals surface area contributed by atoms with E-state index in [1.165, 1.54) is 4.57 Å². The third kappa shape index (κ3) is 6.01. The standard InChI is InChI=1S/C16H21BrN5O2P/c1-20(8-9-22(3)25-24)10-12-4-6-13(7-5-12)18-15-16(23)21(2)11-14(17)19-15/h4-7,11H,8-10H2,1-3H3,(H,18,19). The van der Waals surface area contributed by atoms with E-state index in [-0.39, 0.29) is 20.0 Å². The number of rotatable bonds is 8. The Labute approximate surface area is 157 Å². The highest BCUT2D eigenvalue weighted by Crippen LogP contribution is 2.15. The van der Waals surface area contributed by atoms with Crippen molar-refractivity contribution < 1.29 is 4.57 Å². The van der Waals surface area contributed by atoms with Crippen LogP contribution in [0.1, 0.15) is 5.56 Å². The molecule has 134 valence electrons. The quantitative estimate of drug-likeness (QED) is 0.655. The smallest absolute Gasteiger partial charge is 0.293 e. The predicted octanol–water partition coefficient (Wildman–Crippen LogP) is 2.86. The maximum Gasteiger partial charge on any atom is 0.293 e. The third-order valence-corrected chi connectivity index (χ3v) is 4.52. The summed E-state index contributed by atoms with van der Waals surface area (Å²) in [5.41, 5.74) is 1.78. The zero-order chi connectivity index (χ0) is 18.4. The second-order valence-electron chi connectivity index (χ2n) is 5.85. The predicted molar refractivity (Wildman–Crippen MR) is 103 cm³/mol. The van der Waals surface area contributed by atoms with E-state index in [0.29, 0.717) is 4.60 Å². The number of halogens is 1. The first-order valence-electron chi connectivity index (χ1n) is 7.71. The first-order valence-corrected chi connectivity index (χ1v) is 9.27. The zero-order valence-electron chi connectivity index (χ0n) is 14.4. The van der Waals surface area contributed by atoms with Crippen LogP contribution >= 0.6 is 24.5 Å². The molecule has 0 spiro atoms. The molecule has 1 aromatic heterocycles. The minimum atomic E-state index is -0.186. The van der Waals surface area contributed by atoms with E-state index in [1.54, 1.807) is 17.9 Å². The second-order valence-corrected chi connectivity index (χ2v) is 7.51. The molecule has 0 amide bonds. The molecule has 0 aliphatic carbocycles. The molecule has 0 atom stereocenters. The third-order valence-electron chi connectivity index (χ3n) is 3.66. The van der Waals surface area contributed by atoms with Gasteiger partial charge in [-0.25, -0.2) is 9.65 Å². The molecule has 25 heavy (non-hydrogen) atoms. The molecule has 0 aliphatic heterocycles. The molecule has 7 nitrogen and oxygen atoms in total. The van der Waals surface area contributed by atoms with Crippen molar-refractivity contribution in [2.75, 3.05) is 32.5 Å². The maximum absolute atomic E-state index is 12.1. The maximum atomic E-state index is 12.1. The minimum absolute atomic E-state index is 0.0415. The average molecular weight is 426 g/mol. The van der Waals surface area contributed by atoms with Crippen LogP contribution in [-0.4, -0.2) is 46.3 Å². The van der Waals surface area contributed by atoms with Crippen LogP contribution in [0.15, 0.2) is 39.9 Å². The van der Waals surface area contributed by atoms with Crippen LogP contribution in [0.4, 0.5) is 11.5 Å². The van der Waals surface area contributed by atoms with Gasteiger partial charge in [0, 0.05) is 38.6 Å². The van der Waals surface area contributed by atoms with Gasteiger partial charge >= 0.3 is 0 Å². The Balaban J connectivity index is 1.98. The molecule has 1 aromatic carbocycles. The van der Waals surface area contributed by atoms with Gasteiger partial charge in [0.2, 0.25) is 8.61 Å². The van der Waals surface area contributed by atoms with Crippen molar-refractivity contribution in [3.8, 4) is 0 Å². The van der Waals surface area contributed by atoms with E-state index in [2.05, 4.69) is 31.1 Å². The first kappa shape index (κ1) is 19.7. The second kappa shape index (κ2) is 9.20. The van der Waals surface area contributed by atoms with Gasteiger partial charge in [-0.1, -0.05) is 12.1 Å². The number of hydrogen-bond acceptors (Lipinski definition) is 5. The lowest BCUT2D eigenvalue weighted by Gasteiger charge is -2.18. The van der Waals surface area contributed by atoms with Crippen LogP contribution < -0.4 is 10.9 Å². The lowest BCUT2D eigenvalue weighted by atomic mass is 10.2. The van der Waals surface area contributed by atoms with Gasteiger partial charge in [0.15, 0.2) is 5.82 Å². The summed E-state index contributed by atoms with van der Waals surface area (Å²) < 4.78 is 14.5. The Hall–Kier alpha value is -1.60. The Morgan fingerprint density at radius 2 is 1.92 bits per heavy atom. The molecule has 0 fully saturated rings. The highest BCUT2D eigenvalue weighted by molar-refractivity contribution is 9.10. The van der Waals surface area contributed by atoms with Gasteiger partial charge in [-0.15, -0.1) is 0 Å². The zero-order valence-corrected chi connectivity index (χ0v) is 16.9. The molecule has 0 bridgehead atoms. The molecule has 9 heteroatoms. The van der Waals surface area contributed by atoms with Crippen LogP contribution in [0, 0.1) is 0 Å². The van der Waals surface area contributed by atoms with Gasteiger partial charge in [0.05, 0.1) is 0 Å². The van der Waals surface area contributed by atoms with E-state index < -0.39 is 0 Å². The molecule has 0 radical (unpaired) electrons. The lowest BCUT2D eigenvalue weighted by Crippen LogP contribution is -2.26. The van der Waals surface area contributed by atoms with E-state index in [1.807, 2.05) is 38.4 Å².